The van der Waals surface area contributed by atoms with E-state index < -0.39 is 0 Å². The number of hydrogen-bond donors (Lipinski definition) is 1. The van der Waals surface area contributed by atoms with Crippen molar-refractivity contribution in [2.45, 2.75) is 19.4 Å². The Kier molecular flexibility index (Phi) is 7.48. The maximum absolute atomic E-state index is 5.87. The SMILES string of the molecule is CCOC[C@@H](N)Cc1ccccc1.Cl. The molecule has 0 aromatic heterocycles. The number of ether oxygens (including phenoxy) is 1. The fourth-order valence-electron chi connectivity index (χ4n) is 1.24. The van der Waals surface area contributed by atoms with Crippen molar-refractivity contribution in [3.05, 3.63) is 35.9 Å². The molecule has 1 atom stereocenters. The van der Waals surface area contributed by atoms with Crippen LogP contribution in [0.4, 0.5) is 0 Å². The second-order valence-corrected chi connectivity index (χ2v) is 3.11. The van der Waals surface area contributed by atoms with Crippen LogP contribution >= 0.6 is 12.4 Å². The fourth-order valence-corrected chi connectivity index (χ4v) is 1.24. The molecule has 80 valence electrons. The van der Waals surface area contributed by atoms with Crippen molar-refractivity contribution in [3.63, 3.8) is 0 Å². The predicted molar refractivity (Wildman–Crippen MR) is 61.9 cm³/mol. The van der Waals surface area contributed by atoms with Gasteiger partial charge in [-0.3, -0.25) is 0 Å². The molecule has 0 aliphatic carbocycles. The van der Waals surface area contributed by atoms with Gasteiger partial charge in [0, 0.05) is 12.6 Å². The van der Waals surface area contributed by atoms with Gasteiger partial charge in [-0.1, -0.05) is 30.3 Å². The lowest BCUT2D eigenvalue weighted by Gasteiger charge is -2.10. The normalized spacial score (nSPS) is 11.9. The lowest BCUT2D eigenvalue weighted by atomic mass is 10.1. The first-order valence-electron chi connectivity index (χ1n) is 4.70. The van der Waals surface area contributed by atoms with Crippen molar-refractivity contribution in [1.82, 2.24) is 0 Å². The van der Waals surface area contributed by atoms with Gasteiger partial charge >= 0.3 is 0 Å². The lowest BCUT2D eigenvalue weighted by Crippen LogP contribution is -2.28. The molecule has 0 aliphatic rings. The summed E-state index contributed by atoms with van der Waals surface area (Å²) in [5.41, 5.74) is 7.14. The van der Waals surface area contributed by atoms with Crippen LogP contribution in [0.3, 0.4) is 0 Å². The van der Waals surface area contributed by atoms with E-state index in [4.69, 9.17) is 10.5 Å². The minimum absolute atomic E-state index is 0. The summed E-state index contributed by atoms with van der Waals surface area (Å²) in [4.78, 5) is 0. The number of benzene rings is 1. The summed E-state index contributed by atoms with van der Waals surface area (Å²) in [6.45, 7) is 3.36. The molecule has 0 spiro atoms. The second kappa shape index (κ2) is 7.80. The molecule has 1 rings (SSSR count). The van der Waals surface area contributed by atoms with Crippen LogP contribution in [0.2, 0.25) is 0 Å². The van der Waals surface area contributed by atoms with Gasteiger partial charge in [0.05, 0.1) is 6.61 Å². The highest BCUT2D eigenvalue weighted by molar-refractivity contribution is 5.85. The summed E-state index contributed by atoms with van der Waals surface area (Å²) in [5, 5.41) is 0. The standard InChI is InChI=1S/C11H17NO.ClH/c1-2-13-9-11(12)8-10-6-4-3-5-7-10;/h3-7,11H,2,8-9,12H2,1H3;1H/t11-;/m0./s1. The van der Waals surface area contributed by atoms with Crippen LogP contribution in [0.5, 0.6) is 0 Å². The minimum Gasteiger partial charge on any atom is -0.380 e. The van der Waals surface area contributed by atoms with Gasteiger partial charge in [0.1, 0.15) is 0 Å². The van der Waals surface area contributed by atoms with E-state index in [1.807, 2.05) is 25.1 Å². The third-order valence-corrected chi connectivity index (χ3v) is 1.88. The number of hydrogen-bond acceptors (Lipinski definition) is 2. The monoisotopic (exact) mass is 215 g/mol. The second-order valence-electron chi connectivity index (χ2n) is 3.11. The van der Waals surface area contributed by atoms with Gasteiger partial charge in [0.15, 0.2) is 0 Å². The van der Waals surface area contributed by atoms with Crippen molar-refractivity contribution >= 4 is 12.4 Å². The molecule has 2 nitrogen and oxygen atoms in total. The van der Waals surface area contributed by atoms with Crippen molar-refractivity contribution in [3.8, 4) is 0 Å². The van der Waals surface area contributed by atoms with E-state index >= 15 is 0 Å². The molecule has 0 aliphatic heterocycles. The molecule has 0 fully saturated rings. The van der Waals surface area contributed by atoms with Gasteiger partial charge in [-0.2, -0.15) is 0 Å². The first-order chi connectivity index (χ1) is 6.33. The van der Waals surface area contributed by atoms with E-state index in [0.29, 0.717) is 6.61 Å². The van der Waals surface area contributed by atoms with Crippen LogP contribution in [0.25, 0.3) is 0 Å². The minimum atomic E-state index is 0. The molecule has 0 heterocycles. The Hall–Kier alpha value is -0.570. The number of nitrogens with two attached hydrogens (primary N) is 1. The molecule has 2 N–H and O–H groups in total. The molecule has 0 radical (unpaired) electrons. The molecule has 0 saturated carbocycles. The number of halogens is 1. The zero-order valence-corrected chi connectivity index (χ0v) is 9.30. The van der Waals surface area contributed by atoms with Crippen LogP contribution < -0.4 is 5.73 Å². The number of rotatable bonds is 5. The van der Waals surface area contributed by atoms with E-state index in [1.165, 1.54) is 5.56 Å². The summed E-state index contributed by atoms with van der Waals surface area (Å²) in [5.74, 6) is 0. The van der Waals surface area contributed by atoms with Crippen LogP contribution in [-0.2, 0) is 11.2 Å². The summed E-state index contributed by atoms with van der Waals surface area (Å²) in [6, 6.07) is 10.4. The molecule has 3 heteroatoms. The zero-order chi connectivity index (χ0) is 9.52. The van der Waals surface area contributed by atoms with E-state index in [9.17, 15) is 0 Å². The van der Waals surface area contributed by atoms with Gasteiger partial charge in [-0.25, -0.2) is 0 Å². The average molecular weight is 216 g/mol. The Bertz CT molecular complexity index is 228. The Morgan fingerprint density at radius 2 is 1.93 bits per heavy atom. The van der Waals surface area contributed by atoms with E-state index in [2.05, 4.69) is 12.1 Å². The topological polar surface area (TPSA) is 35.2 Å². The Morgan fingerprint density at radius 1 is 1.29 bits per heavy atom. The average Bonchev–Trinajstić information content (AvgIpc) is 2.16. The van der Waals surface area contributed by atoms with Gasteiger partial charge < -0.3 is 10.5 Å². The Labute approximate surface area is 91.9 Å². The van der Waals surface area contributed by atoms with Gasteiger partial charge in [0.25, 0.3) is 0 Å². The molecule has 0 bridgehead atoms. The highest BCUT2D eigenvalue weighted by atomic mass is 35.5. The maximum Gasteiger partial charge on any atom is 0.0620 e. The molecule has 14 heavy (non-hydrogen) atoms. The predicted octanol–water partition coefficient (Wildman–Crippen LogP) is 2.01. The Balaban J connectivity index is 0.00000169. The molecule has 0 saturated heterocycles. The van der Waals surface area contributed by atoms with Crippen LogP contribution in [0.1, 0.15) is 12.5 Å². The van der Waals surface area contributed by atoms with Crippen LogP contribution in [0, 0.1) is 0 Å². The van der Waals surface area contributed by atoms with E-state index in [1.54, 1.807) is 0 Å². The summed E-state index contributed by atoms with van der Waals surface area (Å²) in [7, 11) is 0. The Morgan fingerprint density at radius 3 is 2.50 bits per heavy atom. The van der Waals surface area contributed by atoms with E-state index in [0.717, 1.165) is 13.0 Å². The van der Waals surface area contributed by atoms with Crippen molar-refractivity contribution < 1.29 is 4.74 Å². The molecule has 1 aromatic rings. The smallest absolute Gasteiger partial charge is 0.0620 e. The zero-order valence-electron chi connectivity index (χ0n) is 8.48. The van der Waals surface area contributed by atoms with Crippen molar-refractivity contribution in [1.29, 1.82) is 0 Å². The van der Waals surface area contributed by atoms with Crippen LogP contribution in [0.15, 0.2) is 30.3 Å². The molecule has 1 aromatic carbocycles. The van der Waals surface area contributed by atoms with Crippen molar-refractivity contribution in [2.75, 3.05) is 13.2 Å². The highest BCUT2D eigenvalue weighted by Gasteiger charge is 2.02. The third-order valence-electron chi connectivity index (χ3n) is 1.88. The molecular formula is C11H18ClNO. The van der Waals surface area contributed by atoms with E-state index in [-0.39, 0.29) is 18.4 Å². The van der Waals surface area contributed by atoms with Crippen molar-refractivity contribution in [2.24, 2.45) is 5.73 Å². The first-order valence-corrected chi connectivity index (χ1v) is 4.70. The fraction of sp³-hybridized carbons (Fsp3) is 0.455. The first kappa shape index (κ1) is 13.4. The van der Waals surface area contributed by atoms with Gasteiger partial charge in [0.2, 0.25) is 0 Å². The van der Waals surface area contributed by atoms with Gasteiger partial charge in [-0.05, 0) is 18.9 Å². The summed E-state index contributed by atoms with van der Waals surface area (Å²) >= 11 is 0. The maximum atomic E-state index is 5.87. The highest BCUT2D eigenvalue weighted by Crippen LogP contribution is 2.01. The van der Waals surface area contributed by atoms with Gasteiger partial charge in [-0.15, -0.1) is 12.4 Å². The quantitative estimate of drug-likeness (QED) is 0.816. The lowest BCUT2D eigenvalue weighted by molar-refractivity contribution is 0.133. The molecule has 0 unspecified atom stereocenters. The summed E-state index contributed by atoms with van der Waals surface area (Å²) < 4.78 is 5.24. The summed E-state index contributed by atoms with van der Waals surface area (Å²) in [6.07, 6.45) is 0.890. The molecular weight excluding hydrogens is 198 g/mol. The largest absolute Gasteiger partial charge is 0.380 e. The van der Waals surface area contributed by atoms with Crippen LogP contribution in [-0.4, -0.2) is 19.3 Å². The third kappa shape index (κ3) is 5.22. The molecule has 0 amide bonds.